The first-order valence-corrected chi connectivity index (χ1v) is 7.63. The quantitative estimate of drug-likeness (QED) is 0.781. The van der Waals surface area contributed by atoms with E-state index in [0.717, 1.165) is 55.9 Å². The molecule has 0 aliphatic heterocycles. The summed E-state index contributed by atoms with van der Waals surface area (Å²) in [7, 11) is 0. The number of aryl methyl sites for hydroxylation is 1. The van der Waals surface area contributed by atoms with Crippen LogP contribution < -0.4 is 10.2 Å². The summed E-state index contributed by atoms with van der Waals surface area (Å²) in [6.07, 6.45) is 4.75. The number of aromatic nitrogens is 2. The van der Waals surface area contributed by atoms with Gasteiger partial charge >= 0.3 is 0 Å². The predicted molar refractivity (Wildman–Crippen MR) is 80.8 cm³/mol. The Bertz CT molecular complexity index is 401. The van der Waals surface area contributed by atoms with Gasteiger partial charge in [0.2, 0.25) is 0 Å². The Labute approximate surface area is 116 Å². The van der Waals surface area contributed by atoms with E-state index in [1.165, 1.54) is 12.8 Å². The van der Waals surface area contributed by atoms with Crippen molar-refractivity contribution >= 4 is 11.6 Å². The number of nitrogens with one attached hydrogen (secondary N) is 1. The molecule has 0 spiro atoms. The number of anilines is 2. The van der Waals surface area contributed by atoms with Gasteiger partial charge in [0.25, 0.3) is 0 Å². The Morgan fingerprint density at radius 3 is 2.63 bits per heavy atom. The molecule has 106 valence electrons. The van der Waals surface area contributed by atoms with Gasteiger partial charge in [0, 0.05) is 32.1 Å². The Morgan fingerprint density at radius 1 is 1.26 bits per heavy atom. The maximum absolute atomic E-state index is 4.69. The molecule has 1 N–H and O–H groups in total. The van der Waals surface area contributed by atoms with Gasteiger partial charge in [-0.1, -0.05) is 13.8 Å². The van der Waals surface area contributed by atoms with Crippen molar-refractivity contribution in [2.24, 2.45) is 5.92 Å². The van der Waals surface area contributed by atoms with Crippen LogP contribution in [-0.2, 0) is 6.42 Å². The van der Waals surface area contributed by atoms with Gasteiger partial charge in [0.15, 0.2) is 0 Å². The maximum atomic E-state index is 4.69. The molecule has 2 rings (SSSR count). The van der Waals surface area contributed by atoms with E-state index in [4.69, 9.17) is 0 Å². The minimum atomic E-state index is 0.882. The van der Waals surface area contributed by atoms with Crippen molar-refractivity contribution in [2.45, 2.75) is 46.5 Å². The first-order chi connectivity index (χ1) is 9.26. The van der Waals surface area contributed by atoms with Gasteiger partial charge in [-0.15, -0.1) is 0 Å². The molecule has 1 aromatic heterocycles. The summed E-state index contributed by atoms with van der Waals surface area (Å²) in [6, 6.07) is 2.10. The summed E-state index contributed by atoms with van der Waals surface area (Å²) in [5, 5.41) is 3.38. The van der Waals surface area contributed by atoms with Crippen LogP contribution in [0.15, 0.2) is 6.07 Å². The van der Waals surface area contributed by atoms with E-state index in [-0.39, 0.29) is 0 Å². The van der Waals surface area contributed by atoms with Crippen LogP contribution in [-0.4, -0.2) is 29.6 Å². The first-order valence-electron chi connectivity index (χ1n) is 7.63. The molecule has 4 heteroatoms. The SMILES string of the molecule is CCCNc1cc(N(CC)CC2CC2)nc(CC)n1. The monoisotopic (exact) mass is 262 g/mol. The number of hydrogen-bond donors (Lipinski definition) is 1. The molecular formula is C15H26N4. The average Bonchev–Trinajstić information content (AvgIpc) is 3.26. The summed E-state index contributed by atoms with van der Waals surface area (Å²) in [5.41, 5.74) is 0. The minimum Gasteiger partial charge on any atom is -0.370 e. The fourth-order valence-corrected chi connectivity index (χ4v) is 2.14. The van der Waals surface area contributed by atoms with Gasteiger partial charge in [-0.2, -0.15) is 0 Å². The van der Waals surface area contributed by atoms with Crippen molar-refractivity contribution in [1.29, 1.82) is 0 Å². The van der Waals surface area contributed by atoms with E-state index in [9.17, 15) is 0 Å². The van der Waals surface area contributed by atoms with Gasteiger partial charge in [0.1, 0.15) is 17.5 Å². The van der Waals surface area contributed by atoms with Crippen molar-refractivity contribution < 1.29 is 0 Å². The predicted octanol–water partition coefficient (Wildman–Crippen LogP) is 3.10. The molecule has 0 radical (unpaired) electrons. The highest BCUT2D eigenvalue weighted by Crippen LogP contribution is 2.31. The molecule has 0 amide bonds. The Balaban J connectivity index is 2.15. The number of rotatable bonds is 8. The summed E-state index contributed by atoms with van der Waals surface area (Å²) in [5.74, 6) is 3.87. The zero-order valence-corrected chi connectivity index (χ0v) is 12.4. The van der Waals surface area contributed by atoms with Crippen LogP contribution in [0.4, 0.5) is 11.6 Å². The van der Waals surface area contributed by atoms with Crippen molar-refractivity contribution in [3.8, 4) is 0 Å². The number of nitrogens with zero attached hydrogens (tertiary/aromatic N) is 3. The second-order valence-corrected chi connectivity index (χ2v) is 5.29. The molecule has 4 nitrogen and oxygen atoms in total. The fraction of sp³-hybridized carbons (Fsp3) is 0.733. The van der Waals surface area contributed by atoms with Crippen LogP contribution in [0.5, 0.6) is 0 Å². The Hall–Kier alpha value is -1.32. The Kier molecular flexibility index (Phi) is 5.00. The van der Waals surface area contributed by atoms with Gasteiger partial charge < -0.3 is 10.2 Å². The highest BCUT2D eigenvalue weighted by atomic mass is 15.2. The molecule has 1 aliphatic carbocycles. The first kappa shape index (κ1) is 14.1. The van der Waals surface area contributed by atoms with E-state index >= 15 is 0 Å². The highest BCUT2D eigenvalue weighted by Gasteiger charge is 2.24. The smallest absolute Gasteiger partial charge is 0.134 e. The fourth-order valence-electron chi connectivity index (χ4n) is 2.14. The van der Waals surface area contributed by atoms with Crippen LogP contribution in [0.2, 0.25) is 0 Å². The molecule has 0 saturated heterocycles. The molecule has 19 heavy (non-hydrogen) atoms. The normalized spacial score (nSPS) is 14.5. The van der Waals surface area contributed by atoms with Crippen molar-refractivity contribution in [1.82, 2.24) is 9.97 Å². The molecular weight excluding hydrogens is 236 g/mol. The standard InChI is InChI=1S/C15H26N4/c1-4-9-16-14-10-15(18-13(5-2)17-14)19(6-3)11-12-7-8-12/h10,12H,4-9,11H2,1-3H3,(H,16,17,18). The summed E-state index contributed by atoms with van der Waals surface area (Å²) in [6.45, 7) is 9.61. The summed E-state index contributed by atoms with van der Waals surface area (Å²) >= 11 is 0. The molecule has 0 aromatic carbocycles. The summed E-state index contributed by atoms with van der Waals surface area (Å²) < 4.78 is 0. The topological polar surface area (TPSA) is 41.0 Å². The van der Waals surface area contributed by atoms with Crippen LogP contribution in [0.3, 0.4) is 0 Å². The van der Waals surface area contributed by atoms with Gasteiger partial charge in [-0.25, -0.2) is 9.97 Å². The molecule has 0 unspecified atom stereocenters. The Morgan fingerprint density at radius 2 is 2.05 bits per heavy atom. The van der Waals surface area contributed by atoms with Crippen LogP contribution >= 0.6 is 0 Å². The van der Waals surface area contributed by atoms with E-state index in [1.807, 2.05) is 0 Å². The third-order valence-corrected chi connectivity index (χ3v) is 3.51. The van der Waals surface area contributed by atoms with Crippen molar-refractivity contribution in [3.63, 3.8) is 0 Å². The lowest BCUT2D eigenvalue weighted by molar-refractivity contribution is 0.725. The van der Waals surface area contributed by atoms with E-state index < -0.39 is 0 Å². The van der Waals surface area contributed by atoms with Crippen LogP contribution in [0.1, 0.15) is 45.9 Å². The van der Waals surface area contributed by atoms with E-state index in [0.29, 0.717) is 0 Å². The van der Waals surface area contributed by atoms with Gasteiger partial charge in [-0.05, 0) is 32.1 Å². The van der Waals surface area contributed by atoms with E-state index in [2.05, 4.69) is 47.0 Å². The van der Waals surface area contributed by atoms with Crippen LogP contribution in [0.25, 0.3) is 0 Å². The summed E-state index contributed by atoms with van der Waals surface area (Å²) in [4.78, 5) is 11.6. The van der Waals surface area contributed by atoms with E-state index in [1.54, 1.807) is 0 Å². The van der Waals surface area contributed by atoms with Gasteiger partial charge in [0.05, 0.1) is 0 Å². The number of hydrogen-bond acceptors (Lipinski definition) is 4. The lowest BCUT2D eigenvalue weighted by atomic mass is 10.3. The third kappa shape index (κ3) is 4.08. The maximum Gasteiger partial charge on any atom is 0.134 e. The molecule has 1 aliphatic rings. The molecule has 1 saturated carbocycles. The second kappa shape index (κ2) is 6.73. The molecule has 0 atom stereocenters. The van der Waals surface area contributed by atoms with Crippen LogP contribution in [0, 0.1) is 5.92 Å². The highest BCUT2D eigenvalue weighted by molar-refractivity contribution is 5.49. The zero-order chi connectivity index (χ0) is 13.7. The molecule has 1 aromatic rings. The second-order valence-electron chi connectivity index (χ2n) is 5.29. The minimum absolute atomic E-state index is 0.882. The molecule has 1 heterocycles. The lowest BCUT2D eigenvalue weighted by Gasteiger charge is -2.23. The lowest BCUT2D eigenvalue weighted by Crippen LogP contribution is -2.27. The van der Waals surface area contributed by atoms with Gasteiger partial charge in [-0.3, -0.25) is 0 Å². The zero-order valence-electron chi connectivity index (χ0n) is 12.4. The van der Waals surface area contributed by atoms with Crippen molar-refractivity contribution in [3.05, 3.63) is 11.9 Å². The third-order valence-electron chi connectivity index (χ3n) is 3.51. The molecule has 0 bridgehead atoms. The average molecular weight is 262 g/mol. The largest absolute Gasteiger partial charge is 0.370 e. The molecule has 1 fully saturated rings. The van der Waals surface area contributed by atoms with Crippen molar-refractivity contribution in [2.75, 3.05) is 29.9 Å².